The molecule has 1 saturated heterocycles. The number of hydrogen-bond donors (Lipinski definition) is 1. The smallest absolute Gasteiger partial charge is 0.255 e. The molecule has 6 nitrogen and oxygen atoms in total. The van der Waals surface area contributed by atoms with Gasteiger partial charge < -0.3 is 15.0 Å². The summed E-state index contributed by atoms with van der Waals surface area (Å²) in [7, 11) is 0. The van der Waals surface area contributed by atoms with Crippen molar-refractivity contribution in [1.29, 1.82) is 0 Å². The largest absolute Gasteiger partial charge is 0.492 e. The Bertz CT molecular complexity index is 800. The Morgan fingerprint density at radius 3 is 2.61 bits per heavy atom. The number of carbonyl (C=O) groups is 2. The molecule has 6 heteroatoms. The number of piperidine rings is 1. The highest BCUT2D eigenvalue weighted by Crippen LogP contribution is 2.23. The van der Waals surface area contributed by atoms with Gasteiger partial charge in [-0.1, -0.05) is 12.1 Å². The van der Waals surface area contributed by atoms with Crippen molar-refractivity contribution in [2.24, 2.45) is 5.92 Å². The minimum Gasteiger partial charge on any atom is -0.492 e. The number of benzene rings is 1. The Morgan fingerprint density at radius 1 is 1.18 bits per heavy atom. The highest BCUT2D eigenvalue weighted by Gasteiger charge is 2.24. The van der Waals surface area contributed by atoms with Gasteiger partial charge in [0.05, 0.1) is 17.7 Å². The molecule has 0 spiro atoms. The molecule has 2 aromatic rings. The lowest BCUT2D eigenvalue weighted by Gasteiger charge is -2.32. The first-order valence-electron chi connectivity index (χ1n) is 9.76. The van der Waals surface area contributed by atoms with E-state index < -0.39 is 0 Å². The zero-order valence-electron chi connectivity index (χ0n) is 16.4. The zero-order valence-corrected chi connectivity index (χ0v) is 16.4. The van der Waals surface area contributed by atoms with Gasteiger partial charge in [0.25, 0.3) is 11.8 Å². The number of pyridine rings is 1. The third kappa shape index (κ3) is 5.09. The summed E-state index contributed by atoms with van der Waals surface area (Å²) in [6.45, 7) is 5.82. The molecule has 2 heterocycles. The van der Waals surface area contributed by atoms with Gasteiger partial charge in [0, 0.05) is 31.5 Å². The van der Waals surface area contributed by atoms with Crippen molar-refractivity contribution in [2.45, 2.75) is 32.7 Å². The Hall–Kier alpha value is -2.89. The molecular weight excluding hydrogens is 354 g/mol. The summed E-state index contributed by atoms with van der Waals surface area (Å²) in [6.07, 6.45) is 5.04. The summed E-state index contributed by atoms with van der Waals surface area (Å²) in [4.78, 5) is 30.7. The van der Waals surface area contributed by atoms with Crippen LogP contribution in [0.15, 0.2) is 48.8 Å². The number of nitrogens with zero attached hydrogens (tertiary/aromatic N) is 2. The number of nitrogens with one attached hydrogen (secondary N) is 1. The summed E-state index contributed by atoms with van der Waals surface area (Å²) in [5, 5.41) is 2.90. The Morgan fingerprint density at radius 2 is 1.93 bits per heavy atom. The number of hydrogen-bond acceptors (Lipinski definition) is 4. The van der Waals surface area contributed by atoms with Crippen molar-refractivity contribution in [3.8, 4) is 5.75 Å². The predicted molar refractivity (Wildman–Crippen MR) is 107 cm³/mol. The molecule has 0 radical (unpaired) electrons. The predicted octanol–water partition coefficient (Wildman–Crippen LogP) is 3.15. The van der Waals surface area contributed by atoms with E-state index >= 15 is 0 Å². The molecule has 0 saturated carbocycles. The molecular formula is C22H27N3O3. The third-order valence-electron chi connectivity index (χ3n) is 4.84. The van der Waals surface area contributed by atoms with E-state index in [1.165, 1.54) is 0 Å². The quantitative estimate of drug-likeness (QED) is 0.834. The minimum absolute atomic E-state index is 0.0307. The third-order valence-corrected chi connectivity index (χ3v) is 4.84. The normalized spacial score (nSPS) is 14.8. The number of rotatable bonds is 6. The molecule has 1 N–H and O–H groups in total. The number of carbonyl (C=O) groups excluding carboxylic acids is 2. The summed E-state index contributed by atoms with van der Waals surface area (Å²) < 4.78 is 5.99. The van der Waals surface area contributed by atoms with Crippen molar-refractivity contribution in [1.82, 2.24) is 15.2 Å². The van der Waals surface area contributed by atoms with Crippen LogP contribution in [0.1, 0.15) is 47.4 Å². The maximum atomic E-state index is 12.5. The van der Waals surface area contributed by atoms with Gasteiger partial charge in [0.15, 0.2) is 0 Å². The fourth-order valence-corrected chi connectivity index (χ4v) is 3.30. The molecule has 1 aromatic carbocycles. The molecule has 0 unspecified atom stereocenters. The molecule has 28 heavy (non-hydrogen) atoms. The molecule has 1 aliphatic heterocycles. The first kappa shape index (κ1) is 19.9. The van der Waals surface area contributed by atoms with Gasteiger partial charge in [0.1, 0.15) is 5.75 Å². The van der Waals surface area contributed by atoms with Crippen LogP contribution in [-0.4, -0.2) is 47.4 Å². The second kappa shape index (κ2) is 9.35. The zero-order chi connectivity index (χ0) is 19.9. The molecule has 0 bridgehead atoms. The number of para-hydroxylation sites is 1. The van der Waals surface area contributed by atoms with Crippen molar-refractivity contribution in [2.75, 3.05) is 19.7 Å². The van der Waals surface area contributed by atoms with Crippen LogP contribution >= 0.6 is 0 Å². The van der Waals surface area contributed by atoms with Gasteiger partial charge >= 0.3 is 0 Å². The molecule has 2 amide bonds. The SMILES string of the molecule is CC(C)NC(=O)c1ccccc1OCC1CCN(C(=O)c2cccnc2)CC1. The topological polar surface area (TPSA) is 71.5 Å². The van der Waals surface area contributed by atoms with E-state index in [1.807, 2.05) is 36.9 Å². The van der Waals surface area contributed by atoms with E-state index in [2.05, 4.69) is 10.3 Å². The van der Waals surface area contributed by atoms with Crippen LogP contribution in [0.5, 0.6) is 5.75 Å². The molecule has 1 aromatic heterocycles. The van der Waals surface area contributed by atoms with Crippen LogP contribution in [-0.2, 0) is 0 Å². The monoisotopic (exact) mass is 381 g/mol. The lowest BCUT2D eigenvalue weighted by molar-refractivity contribution is 0.0659. The van der Waals surface area contributed by atoms with Crippen LogP contribution in [0.3, 0.4) is 0 Å². The van der Waals surface area contributed by atoms with E-state index in [4.69, 9.17) is 4.74 Å². The number of aromatic nitrogens is 1. The Balaban J connectivity index is 1.52. The molecule has 1 aliphatic rings. The number of ether oxygens (including phenoxy) is 1. The van der Waals surface area contributed by atoms with Gasteiger partial charge in [-0.05, 0) is 56.9 Å². The highest BCUT2D eigenvalue weighted by atomic mass is 16.5. The Labute approximate surface area is 165 Å². The molecule has 148 valence electrons. The lowest BCUT2D eigenvalue weighted by Crippen LogP contribution is -2.39. The first-order valence-corrected chi connectivity index (χ1v) is 9.76. The van der Waals surface area contributed by atoms with E-state index in [1.54, 1.807) is 30.6 Å². The first-order chi connectivity index (χ1) is 13.5. The lowest BCUT2D eigenvalue weighted by atomic mass is 9.97. The molecule has 0 aliphatic carbocycles. The number of likely N-dealkylation sites (tertiary alicyclic amines) is 1. The van der Waals surface area contributed by atoms with E-state index in [-0.39, 0.29) is 17.9 Å². The van der Waals surface area contributed by atoms with Crippen LogP contribution in [0.25, 0.3) is 0 Å². The summed E-state index contributed by atoms with van der Waals surface area (Å²) in [5.74, 6) is 0.874. The van der Waals surface area contributed by atoms with Gasteiger partial charge in [-0.25, -0.2) is 0 Å². The second-order valence-electron chi connectivity index (χ2n) is 7.41. The van der Waals surface area contributed by atoms with Gasteiger partial charge in [-0.2, -0.15) is 0 Å². The maximum absolute atomic E-state index is 12.5. The number of amides is 2. The van der Waals surface area contributed by atoms with E-state index in [0.717, 1.165) is 12.8 Å². The maximum Gasteiger partial charge on any atom is 0.255 e. The standard InChI is InChI=1S/C22H27N3O3/c1-16(2)24-21(26)19-7-3-4-8-20(19)28-15-17-9-12-25(13-10-17)22(27)18-6-5-11-23-14-18/h3-8,11,14,16-17H,9-10,12-13,15H2,1-2H3,(H,24,26). The van der Waals surface area contributed by atoms with Crippen LogP contribution in [0, 0.1) is 5.92 Å². The average Bonchev–Trinajstić information content (AvgIpc) is 2.72. The van der Waals surface area contributed by atoms with Crippen molar-refractivity contribution in [3.05, 3.63) is 59.9 Å². The van der Waals surface area contributed by atoms with Gasteiger partial charge in [0.2, 0.25) is 0 Å². The van der Waals surface area contributed by atoms with Crippen molar-refractivity contribution in [3.63, 3.8) is 0 Å². The van der Waals surface area contributed by atoms with Crippen LogP contribution in [0.4, 0.5) is 0 Å². The van der Waals surface area contributed by atoms with Crippen molar-refractivity contribution < 1.29 is 14.3 Å². The van der Waals surface area contributed by atoms with Gasteiger partial charge in [-0.3, -0.25) is 14.6 Å². The van der Waals surface area contributed by atoms with Gasteiger partial charge in [-0.15, -0.1) is 0 Å². The fourth-order valence-electron chi connectivity index (χ4n) is 3.30. The van der Waals surface area contributed by atoms with Crippen LogP contribution < -0.4 is 10.1 Å². The van der Waals surface area contributed by atoms with Crippen LogP contribution in [0.2, 0.25) is 0 Å². The summed E-state index contributed by atoms with van der Waals surface area (Å²) in [6, 6.07) is 11.0. The van der Waals surface area contributed by atoms with Crippen molar-refractivity contribution >= 4 is 11.8 Å². The summed E-state index contributed by atoms with van der Waals surface area (Å²) in [5.41, 5.74) is 1.18. The fraction of sp³-hybridized carbons (Fsp3) is 0.409. The molecule has 0 atom stereocenters. The highest BCUT2D eigenvalue weighted by molar-refractivity contribution is 5.97. The molecule has 3 rings (SSSR count). The Kier molecular flexibility index (Phi) is 6.63. The average molecular weight is 381 g/mol. The van der Waals surface area contributed by atoms with E-state index in [9.17, 15) is 9.59 Å². The van der Waals surface area contributed by atoms with E-state index in [0.29, 0.717) is 42.5 Å². The molecule has 1 fully saturated rings. The second-order valence-corrected chi connectivity index (χ2v) is 7.41. The minimum atomic E-state index is -0.123. The summed E-state index contributed by atoms with van der Waals surface area (Å²) >= 11 is 0.